The Bertz CT molecular complexity index is 736. The lowest BCUT2D eigenvalue weighted by atomic mass is 10.0. The molecule has 108 valence electrons. The topological polar surface area (TPSA) is 50.9 Å². The van der Waals surface area contributed by atoms with Crippen molar-refractivity contribution < 1.29 is 0 Å². The normalized spacial score (nSPS) is 12.7. The molecule has 0 bridgehead atoms. The number of hydrogen-bond acceptors (Lipinski definition) is 4. The molecular weight excluding hydrogens is 346 g/mol. The summed E-state index contributed by atoms with van der Waals surface area (Å²) in [5, 5.41) is 1.09. The van der Waals surface area contributed by atoms with Crippen molar-refractivity contribution in [2.24, 2.45) is 5.84 Å². The molecule has 0 fully saturated rings. The minimum atomic E-state index is 0.0422. The number of aryl methyl sites for hydroxylation is 1. The van der Waals surface area contributed by atoms with Gasteiger partial charge in [0.1, 0.15) is 0 Å². The molecule has 0 spiro atoms. The summed E-state index contributed by atoms with van der Waals surface area (Å²) in [4.78, 5) is 4.68. The smallest absolute Gasteiger partial charge is 0.0958 e. The molecule has 1 atom stereocenters. The summed E-state index contributed by atoms with van der Waals surface area (Å²) >= 11 is 5.35. The van der Waals surface area contributed by atoms with Crippen LogP contribution in [0.15, 0.2) is 46.9 Å². The lowest BCUT2D eigenvalue weighted by Gasteiger charge is -2.17. The predicted molar refractivity (Wildman–Crippen MR) is 92.3 cm³/mol. The van der Waals surface area contributed by atoms with Gasteiger partial charge in [-0.15, -0.1) is 11.3 Å². The third-order valence-corrected chi connectivity index (χ3v) is 5.19. The molecule has 1 heterocycles. The highest BCUT2D eigenvalue weighted by Gasteiger charge is 2.16. The van der Waals surface area contributed by atoms with Gasteiger partial charge in [0.05, 0.1) is 21.3 Å². The van der Waals surface area contributed by atoms with Gasteiger partial charge >= 0.3 is 0 Å². The van der Waals surface area contributed by atoms with Crippen LogP contribution in [-0.4, -0.2) is 4.98 Å². The van der Waals surface area contributed by atoms with E-state index in [0.29, 0.717) is 0 Å². The fraction of sp³-hybridized carbons (Fsp3) is 0.188. The first-order chi connectivity index (χ1) is 10.2. The molecule has 21 heavy (non-hydrogen) atoms. The van der Waals surface area contributed by atoms with Crippen LogP contribution in [0.2, 0.25) is 0 Å². The average Bonchev–Trinajstić information content (AvgIpc) is 2.87. The van der Waals surface area contributed by atoms with Crippen molar-refractivity contribution in [1.82, 2.24) is 10.4 Å². The van der Waals surface area contributed by atoms with Crippen molar-refractivity contribution in [3.8, 4) is 0 Å². The molecule has 0 amide bonds. The molecule has 3 aromatic rings. The number of aromatic nitrogens is 1. The molecule has 1 aromatic heterocycles. The number of fused-ring (bicyclic) bond motifs is 1. The fourth-order valence-corrected chi connectivity index (χ4v) is 4.14. The van der Waals surface area contributed by atoms with Crippen molar-refractivity contribution >= 4 is 37.5 Å². The van der Waals surface area contributed by atoms with Crippen LogP contribution in [0.5, 0.6) is 0 Å². The molecule has 0 aliphatic rings. The second kappa shape index (κ2) is 6.23. The van der Waals surface area contributed by atoms with Gasteiger partial charge in [0, 0.05) is 10.9 Å². The van der Waals surface area contributed by atoms with Gasteiger partial charge in [-0.3, -0.25) is 11.3 Å². The summed E-state index contributed by atoms with van der Waals surface area (Å²) in [5.41, 5.74) is 6.34. The second-order valence-corrected chi connectivity index (χ2v) is 6.99. The quantitative estimate of drug-likeness (QED) is 0.542. The lowest BCUT2D eigenvalue weighted by Crippen LogP contribution is -2.29. The van der Waals surface area contributed by atoms with Crippen molar-refractivity contribution in [1.29, 1.82) is 0 Å². The maximum Gasteiger partial charge on any atom is 0.0958 e. The Hall–Kier alpha value is -1.27. The first kappa shape index (κ1) is 14.7. The van der Waals surface area contributed by atoms with E-state index in [1.807, 2.05) is 18.2 Å². The standard InChI is InChI=1S/C16H16BrN3S/c1-10-6-7-11(12(17)8-10)14(20-18)9-16-19-13-4-2-3-5-15(13)21-16/h2-8,14,20H,9,18H2,1H3. The van der Waals surface area contributed by atoms with Crippen LogP contribution in [0, 0.1) is 6.92 Å². The van der Waals surface area contributed by atoms with E-state index in [0.717, 1.165) is 27.0 Å². The van der Waals surface area contributed by atoms with Gasteiger partial charge < -0.3 is 0 Å². The number of nitrogens with one attached hydrogen (secondary N) is 1. The fourth-order valence-electron chi connectivity index (χ4n) is 2.36. The van der Waals surface area contributed by atoms with Crippen LogP contribution in [-0.2, 0) is 6.42 Å². The zero-order valence-corrected chi connectivity index (χ0v) is 14.0. The van der Waals surface area contributed by atoms with Gasteiger partial charge in [-0.1, -0.05) is 40.2 Å². The van der Waals surface area contributed by atoms with Crippen LogP contribution in [0.1, 0.15) is 22.2 Å². The van der Waals surface area contributed by atoms with Gasteiger partial charge in [-0.05, 0) is 36.2 Å². The Balaban J connectivity index is 1.90. The number of nitrogens with zero attached hydrogens (tertiary/aromatic N) is 1. The third-order valence-electron chi connectivity index (χ3n) is 3.45. The van der Waals surface area contributed by atoms with Crippen LogP contribution in [0.4, 0.5) is 0 Å². The van der Waals surface area contributed by atoms with Gasteiger partial charge in [-0.25, -0.2) is 4.98 Å². The number of hydrogen-bond donors (Lipinski definition) is 2. The first-order valence-corrected chi connectivity index (χ1v) is 8.35. The molecule has 0 radical (unpaired) electrons. The van der Waals surface area contributed by atoms with Crippen molar-refractivity contribution in [3.05, 3.63) is 63.1 Å². The molecule has 0 saturated carbocycles. The summed E-state index contributed by atoms with van der Waals surface area (Å²) in [6, 6.07) is 14.6. The van der Waals surface area contributed by atoms with Gasteiger partial charge in [0.25, 0.3) is 0 Å². The van der Waals surface area contributed by atoms with E-state index in [1.165, 1.54) is 10.3 Å². The van der Waals surface area contributed by atoms with Gasteiger partial charge in [0.2, 0.25) is 0 Å². The second-order valence-electron chi connectivity index (χ2n) is 5.02. The highest BCUT2D eigenvalue weighted by Crippen LogP contribution is 2.29. The molecule has 2 aromatic carbocycles. The molecule has 0 aliphatic carbocycles. The van der Waals surface area contributed by atoms with Crippen LogP contribution in [0.25, 0.3) is 10.2 Å². The largest absolute Gasteiger partial charge is 0.271 e. The Morgan fingerprint density at radius 2 is 2.10 bits per heavy atom. The minimum Gasteiger partial charge on any atom is -0.271 e. The Kier molecular flexibility index (Phi) is 4.35. The van der Waals surface area contributed by atoms with Crippen LogP contribution < -0.4 is 11.3 Å². The molecule has 1 unspecified atom stereocenters. The van der Waals surface area contributed by atoms with E-state index in [9.17, 15) is 0 Å². The van der Waals surface area contributed by atoms with Crippen LogP contribution >= 0.6 is 27.3 Å². The Morgan fingerprint density at radius 1 is 1.29 bits per heavy atom. The zero-order valence-electron chi connectivity index (χ0n) is 11.6. The monoisotopic (exact) mass is 361 g/mol. The van der Waals surface area contributed by atoms with Crippen molar-refractivity contribution in [2.75, 3.05) is 0 Å². The number of nitrogens with two attached hydrogens (primary N) is 1. The van der Waals surface area contributed by atoms with Crippen LogP contribution in [0.3, 0.4) is 0 Å². The maximum absolute atomic E-state index is 5.76. The third kappa shape index (κ3) is 3.16. The van der Waals surface area contributed by atoms with E-state index >= 15 is 0 Å². The minimum absolute atomic E-state index is 0.0422. The average molecular weight is 362 g/mol. The van der Waals surface area contributed by atoms with E-state index in [2.05, 4.69) is 57.5 Å². The molecule has 0 aliphatic heterocycles. The Morgan fingerprint density at radius 3 is 2.81 bits per heavy atom. The van der Waals surface area contributed by atoms with Crippen molar-refractivity contribution in [3.63, 3.8) is 0 Å². The Labute approximate surface area is 136 Å². The van der Waals surface area contributed by atoms with Crippen molar-refractivity contribution in [2.45, 2.75) is 19.4 Å². The molecule has 0 saturated heterocycles. The van der Waals surface area contributed by atoms with E-state index in [4.69, 9.17) is 5.84 Å². The highest BCUT2D eigenvalue weighted by atomic mass is 79.9. The first-order valence-electron chi connectivity index (χ1n) is 6.74. The molecule has 3 rings (SSSR count). The number of benzene rings is 2. The molecular formula is C16H16BrN3S. The number of rotatable bonds is 4. The summed E-state index contributed by atoms with van der Waals surface area (Å²) in [6.07, 6.45) is 0.775. The summed E-state index contributed by atoms with van der Waals surface area (Å²) in [5.74, 6) is 5.76. The van der Waals surface area contributed by atoms with Gasteiger partial charge in [0.15, 0.2) is 0 Å². The summed E-state index contributed by atoms with van der Waals surface area (Å²) in [6.45, 7) is 2.08. The van der Waals surface area contributed by atoms with E-state index < -0.39 is 0 Å². The summed E-state index contributed by atoms with van der Waals surface area (Å²) in [7, 11) is 0. The summed E-state index contributed by atoms with van der Waals surface area (Å²) < 4.78 is 2.29. The number of halogens is 1. The highest BCUT2D eigenvalue weighted by molar-refractivity contribution is 9.10. The zero-order chi connectivity index (χ0) is 14.8. The van der Waals surface area contributed by atoms with Gasteiger partial charge in [-0.2, -0.15) is 0 Å². The van der Waals surface area contributed by atoms with E-state index in [-0.39, 0.29) is 6.04 Å². The number of para-hydroxylation sites is 1. The molecule has 3 N–H and O–H groups in total. The molecule has 5 heteroatoms. The molecule has 3 nitrogen and oxygen atoms in total. The number of hydrazine groups is 1. The lowest BCUT2D eigenvalue weighted by molar-refractivity contribution is 0.549. The predicted octanol–water partition coefficient (Wildman–Crippen LogP) is 4.11. The SMILES string of the molecule is Cc1ccc(C(Cc2nc3ccccc3s2)NN)c(Br)c1. The van der Waals surface area contributed by atoms with E-state index in [1.54, 1.807) is 11.3 Å². The number of thiazole rings is 1. The maximum atomic E-state index is 5.76.